The predicted octanol–water partition coefficient (Wildman–Crippen LogP) is 3.17. The van der Waals surface area contributed by atoms with Crippen molar-refractivity contribution in [1.29, 1.82) is 0 Å². The molecule has 1 heterocycles. The highest BCUT2D eigenvalue weighted by molar-refractivity contribution is 9.12. The molecule has 0 aromatic heterocycles. The maximum atomic E-state index is 13.2. The molecule has 0 saturated carbocycles. The monoisotopic (exact) mass is 481 g/mol. The molecule has 3 aliphatic carbocycles. The van der Waals surface area contributed by atoms with E-state index in [1.54, 1.807) is 31.2 Å². The number of fused-ring (bicyclic) bond motifs is 3. The number of rotatable bonds is 2. The highest BCUT2D eigenvalue weighted by atomic mass is 79.9. The molecule has 1 aliphatic heterocycles. The number of phenols is 1. The third-order valence-corrected chi connectivity index (χ3v) is 7.55. The lowest BCUT2D eigenvalue weighted by Gasteiger charge is -2.42. The molecule has 7 heteroatoms. The third-order valence-electron chi connectivity index (χ3n) is 6.97. The summed E-state index contributed by atoms with van der Waals surface area (Å²) in [5, 5.41) is 9.74. The van der Waals surface area contributed by atoms with Crippen LogP contribution in [0, 0.1) is 17.8 Å². The molecule has 158 valence electrons. The van der Waals surface area contributed by atoms with Gasteiger partial charge in [0.2, 0.25) is 11.8 Å². The van der Waals surface area contributed by atoms with Crippen molar-refractivity contribution in [3.8, 4) is 5.75 Å². The van der Waals surface area contributed by atoms with E-state index in [-0.39, 0.29) is 46.0 Å². The summed E-state index contributed by atoms with van der Waals surface area (Å²) in [5.41, 5.74) is 2.54. The SMILES string of the molecule is CCN1C(=O)[C@H]2[C@H](CC=C3[C@H](c4ccc(O)cc4)C4=C(C[C@H]32)C(=O)C(Br)=CC4=O)C1=O. The van der Waals surface area contributed by atoms with Gasteiger partial charge in [0, 0.05) is 29.7 Å². The van der Waals surface area contributed by atoms with Crippen molar-refractivity contribution >= 4 is 39.3 Å². The lowest BCUT2D eigenvalue weighted by Crippen LogP contribution is -2.39. The number of imide groups is 1. The first-order valence-corrected chi connectivity index (χ1v) is 11.2. The Hall–Kier alpha value is -2.80. The Morgan fingerprint density at radius 2 is 1.77 bits per heavy atom. The number of likely N-dealkylation sites (tertiary alicyclic amines) is 1. The molecular weight excluding hydrogens is 462 g/mol. The van der Waals surface area contributed by atoms with Crippen LogP contribution in [-0.2, 0) is 19.2 Å². The quantitative estimate of drug-likeness (QED) is 0.397. The third kappa shape index (κ3) is 2.82. The summed E-state index contributed by atoms with van der Waals surface area (Å²) in [4.78, 5) is 53.3. The van der Waals surface area contributed by atoms with Crippen molar-refractivity contribution in [3.05, 3.63) is 63.2 Å². The van der Waals surface area contributed by atoms with Crippen LogP contribution in [0.2, 0.25) is 0 Å². The number of ketones is 2. The fourth-order valence-electron chi connectivity index (χ4n) is 5.63. The molecule has 1 aromatic carbocycles. The Morgan fingerprint density at radius 1 is 1.06 bits per heavy atom. The molecule has 1 N–H and O–H groups in total. The standard InChI is InChI=1S/C24H20BrNO5/c1-2-26-23(30)14-8-7-13-15(20(14)24(26)31)9-16-21(18(28)10-17(25)22(16)29)19(13)11-3-5-12(27)6-4-11/h3-7,10,14-15,19-20,27H,2,8-9H2,1H3/t14-,15+,19-,20-/m0/s1. The summed E-state index contributed by atoms with van der Waals surface area (Å²) in [6.45, 7) is 2.11. The van der Waals surface area contributed by atoms with Gasteiger partial charge < -0.3 is 5.11 Å². The number of benzene rings is 1. The van der Waals surface area contributed by atoms with E-state index in [2.05, 4.69) is 15.9 Å². The van der Waals surface area contributed by atoms with E-state index in [1.165, 1.54) is 11.0 Å². The molecule has 1 aromatic rings. The van der Waals surface area contributed by atoms with Gasteiger partial charge in [0.1, 0.15) is 5.75 Å². The normalized spacial score (nSPS) is 30.1. The minimum absolute atomic E-state index is 0.104. The predicted molar refractivity (Wildman–Crippen MR) is 115 cm³/mol. The maximum Gasteiger partial charge on any atom is 0.233 e. The topological polar surface area (TPSA) is 91.8 Å². The number of Topliss-reactive ketones (excluding diaryl/α,β-unsaturated/α-hetero) is 1. The van der Waals surface area contributed by atoms with Gasteiger partial charge in [0.25, 0.3) is 0 Å². The zero-order chi connectivity index (χ0) is 22.0. The van der Waals surface area contributed by atoms with Crippen LogP contribution in [0.1, 0.15) is 31.2 Å². The van der Waals surface area contributed by atoms with Crippen molar-refractivity contribution in [2.75, 3.05) is 6.54 Å². The molecule has 0 spiro atoms. The molecule has 1 saturated heterocycles. The second-order valence-corrected chi connectivity index (χ2v) is 9.26. The first-order chi connectivity index (χ1) is 14.8. The van der Waals surface area contributed by atoms with E-state index in [1.807, 2.05) is 6.08 Å². The van der Waals surface area contributed by atoms with Crippen molar-refractivity contribution in [1.82, 2.24) is 4.90 Å². The zero-order valence-corrected chi connectivity index (χ0v) is 18.4. The van der Waals surface area contributed by atoms with Gasteiger partial charge in [0.05, 0.1) is 16.3 Å². The fourth-order valence-corrected chi connectivity index (χ4v) is 6.08. The Balaban J connectivity index is 1.69. The summed E-state index contributed by atoms with van der Waals surface area (Å²) in [6.07, 6.45) is 4.00. The number of phenolic OH excluding ortho intramolecular Hbond substituents is 1. The minimum Gasteiger partial charge on any atom is -0.508 e. The van der Waals surface area contributed by atoms with Crippen LogP contribution in [0.3, 0.4) is 0 Å². The summed E-state index contributed by atoms with van der Waals surface area (Å²) in [5.74, 6) is -2.46. The molecular formula is C24H20BrNO5. The smallest absolute Gasteiger partial charge is 0.233 e. The molecule has 0 unspecified atom stereocenters. The average molecular weight is 482 g/mol. The highest BCUT2D eigenvalue weighted by Crippen LogP contribution is 2.55. The number of amides is 2. The molecule has 0 radical (unpaired) electrons. The van der Waals surface area contributed by atoms with Gasteiger partial charge >= 0.3 is 0 Å². The molecule has 1 fully saturated rings. The summed E-state index contributed by atoms with van der Waals surface area (Å²) in [7, 11) is 0. The number of hydrogen-bond acceptors (Lipinski definition) is 5. The Morgan fingerprint density at radius 3 is 2.45 bits per heavy atom. The van der Waals surface area contributed by atoms with Gasteiger partial charge in [-0.05, 0) is 59.3 Å². The summed E-state index contributed by atoms with van der Waals surface area (Å²) < 4.78 is 0.213. The first-order valence-electron chi connectivity index (χ1n) is 10.4. The number of aromatic hydroxyl groups is 1. The van der Waals surface area contributed by atoms with E-state index in [0.717, 1.165) is 11.1 Å². The van der Waals surface area contributed by atoms with Crippen LogP contribution in [0.15, 0.2) is 57.6 Å². The van der Waals surface area contributed by atoms with E-state index >= 15 is 0 Å². The zero-order valence-electron chi connectivity index (χ0n) is 16.8. The Bertz CT molecular complexity index is 1140. The molecule has 5 rings (SSSR count). The number of carbonyl (C=O) groups is 4. The number of carbonyl (C=O) groups excluding carboxylic acids is 4. The highest BCUT2D eigenvalue weighted by Gasteiger charge is 2.55. The van der Waals surface area contributed by atoms with Gasteiger partial charge in [0.15, 0.2) is 11.6 Å². The fraction of sp³-hybridized carbons (Fsp3) is 0.333. The summed E-state index contributed by atoms with van der Waals surface area (Å²) in [6, 6.07) is 6.58. The largest absolute Gasteiger partial charge is 0.508 e. The number of allylic oxidation sites excluding steroid dienone is 6. The van der Waals surface area contributed by atoms with Crippen LogP contribution in [0.25, 0.3) is 0 Å². The van der Waals surface area contributed by atoms with E-state index < -0.39 is 17.8 Å². The van der Waals surface area contributed by atoms with Crippen molar-refractivity contribution < 1.29 is 24.3 Å². The van der Waals surface area contributed by atoms with Gasteiger partial charge in [-0.1, -0.05) is 23.8 Å². The van der Waals surface area contributed by atoms with Crippen LogP contribution in [0.4, 0.5) is 0 Å². The lowest BCUT2D eigenvalue weighted by atomic mass is 9.59. The summed E-state index contributed by atoms with van der Waals surface area (Å²) >= 11 is 3.21. The first kappa shape index (κ1) is 20.1. The molecule has 2 amide bonds. The minimum atomic E-state index is -0.520. The van der Waals surface area contributed by atoms with E-state index in [9.17, 15) is 24.3 Å². The van der Waals surface area contributed by atoms with Gasteiger partial charge in [-0.3, -0.25) is 24.1 Å². The van der Waals surface area contributed by atoms with Gasteiger partial charge in [-0.15, -0.1) is 0 Å². The van der Waals surface area contributed by atoms with Crippen LogP contribution >= 0.6 is 15.9 Å². The van der Waals surface area contributed by atoms with Crippen molar-refractivity contribution in [2.24, 2.45) is 17.8 Å². The average Bonchev–Trinajstić information content (AvgIpc) is 3.01. The van der Waals surface area contributed by atoms with Crippen molar-refractivity contribution in [2.45, 2.75) is 25.7 Å². The second-order valence-electron chi connectivity index (χ2n) is 8.41. The molecule has 4 atom stereocenters. The second kappa shape index (κ2) is 7.12. The van der Waals surface area contributed by atoms with Gasteiger partial charge in [-0.2, -0.15) is 0 Å². The molecule has 6 nitrogen and oxygen atoms in total. The number of hydrogen-bond donors (Lipinski definition) is 1. The Labute approximate surface area is 187 Å². The van der Waals surface area contributed by atoms with Crippen LogP contribution < -0.4 is 0 Å². The van der Waals surface area contributed by atoms with Crippen molar-refractivity contribution in [3.63, 3.8) is 0 Å². The molecule has 4 aliphatic rings. The number of halogens is 1. The lowest BCUT2D eigenvalue weighted by molar-refractivity contribution is -0.139. The maximum absolute atomic E-state index is 13.2. The van der Waals surface area contributed by atoms with Crippen LogP contribution in [0.5, 0.6) is 5.75 Å². The van der Waals surface area contributed by atoms with Crippen LogP contribution in [-0.4, -0.2) is 39.9 Å². The Kier molecular flexibility index (Phi) is 4.62. The van der Waals surface area contributed by atoms with E-state index in [4.69, 9.17) is 0 Å². The molecule has 31 heavy (non-hydrogen) atoms. The number of nitrogens with zero attached hydrogens (tertiary/aromatic N) is 1. The van der Waals surface area contributed by atoms with E-state index in [0.29, 0.717) is 24.1 Å². The van der Waals surface area contributed by atoms with Gasteiger partial charge in [-0.25, -0.2) is 0 Å². The molecule has 0 bridgehead atoms.